The van der Waals surface area contributed by atoms with E-state index in [0.29, 0.717) is 13.0 Å². The fourth-order valence-corrected chi connectivity index (χ4v) is 1.51. The monoisotopic (exact) mass is 282 g/mol. The summed E-state index contributed by atoms with van der Waals surface area (Å²) in [4.78, 5) is 11.0. The molecule has 0 aromatic rings. The molecule has 6 nitrogen and oxygen atoms in total. The van der Waals surface area contributed by atoms with E-state index in [1.807, 2.05) is 13.8 Å². The van der Waals surface area contributed by atoms with Crippen molar-refractivity contribution in [3.05, 3.63) is 0 Å². The minimum atomic E-state index is -4.80. The summed E-state index contributed by atoms with van der Waals surface area (Å²) in [7, 11) is -4.80. The molecule has 0 radical (unpaired) electrons. The van der Waals surface area contributed by atoms with E-state index in [1.54, 1.807) is 0 Å². The second kappa shape index (κ2) is 9.29. The molecule has 0 aromatic carbocycles. The Kier molecular flexibility index (Phi) is 8.95. The summed E-state index contributed by atoms with van der Waals surface area (Å²) in [5.41, 5.74) is 0. The third-order valence-corrected chi connectivity index (χ3v) is 2.80. The largest absolute Gasteiger partial charge is 0.454 e. The van der Waals surface area contributed by atoms with E-state index in [2.05, 4.69) is 4.74 Å². The van der Waals surface area contributed by atoms with E-state index in [9.17, 15) is 13.2 Å². The van der Waals surface area contributed by atoms with Crippen molar-refractivity contribution in [2.75, 3.05) is 6.61 Å². The van der Waals surface area contributed by atoms with Crippen LogP contribution >= 0.6 is 0 Å². The number of hydrogen-bond acceptors (Lipinski definition) is 5. The zero-order chi connectivity index (χ0) is 14.0. The first-order chi connectivity index (χ1) is 8.41. The van der Waals surface area contributed by atoms with Gasteiger partial charge < -0.3 is 9.47 Å². The minimum Gasteiger partial charge on any atom is -0.422 e. The summed E-state index contributed by atoms with van der Waals surface area (Å²) in [5, 5.41) is -1.65. The molecule has 0 amide bonds. The van der Waals surface area contributed by atoms with E-state index in [0.717, 1.165) is 32.1 Å². The lowest BCUT2D eigenvalue weighted by Crippen LogP contribution is -2.25. The molecule has 0 aliphatic heterocycles. The summed E-state index contributed by atoms with van der Waals surface area (Å²) in [5.74, 6) is 0. The maximum atomic E-state index is 11.0. The van der Waals surface area contributed by atoms with Crippen LogP contribution < -0.4 is 0 Å². The van der Waals surface area contributed by atoms with Crippen molar-refractivity contribution in [3.8, 4) is 0 Å². The van der Waals surface area contributed by atoms with Crippen molar-refractivity contribution in [2.24, 2.45) is 0 Å². The van der Waals surface area contributed by atoms with E-state index < -0.39 is 21.7 Å². The van der Waals surface area contributed by atoms with Crippen molar-refractivity contribution >= 4 is 15.4 Å². The molecule has 0 aliphatic carbocycles. The SMILES string of the molecule is CCCCCOC(CCCC)OC(=O)S(=O)(=O)O. The van der Waals surface area contributed by atoms with Crippen LogP contribution in [0.5, 0.6) is 0 Å². The smallest absolute Gasteiger partial charge is 0.422 e. The van der Waals surface area contributed by atoms with Crippen LogP contribution in [0.4, 0.5) is 4.79 Å². The second-order valence-electron chi connectivity index (χ2n) is 3.99. The molecule has 1 N–H and O–H groups in total. The van der Waals surface area contributed by atoms with Gasteiger partial charge in [0.2, 0.25) is 6.29 Å². The zero-order valence-electron chi connectivity index (χ0n) is 10.9. The van der Waals surface area contributed by atoms with Crippen molar-refractivity contribution in [2.45, 2.75) is 58.7 Å². The fraction of sp³-hybridized carbons (Fsp3) is 0.909. The van der Waals surface area contributed by atoms with Crippen LogP contribution in [0.3, 0.4) is 0 Å². The first-order valence-corrected chi connectivity index (χ1v) is 7.65. The average molecular weight is 282 g/mol. The van der Waals surface area contributed by atoms with Gasteiger partial charge in [-0.15, -0.1) is 0 Å². The topological polar surface area (TPSA) is 89.9 Å². The van der Waals surface area contributed by atoms with Crippen molar-refractivity contribution in [1.82, 2.24) is 0 Å². The van der Waals surface area contributed by atoms with Gasteiger partial charge in [0.1, 0.15) is 0 Å². The van der Waals surface area contributed by atoms with Crippen molar-refractivity contribution in [3.63, 3.8) is 0 Å². The van der Waals surface area contributed by atoms with Crippen LogP contribution in [0.1, 0.15) is 52.4 Å². The first-order valence-electron chi connectivity index (χ1n) is 6.21. The maximum Gasteiger partial charge on any atom is 0.454 e. The molecule has 0 saturated heterocycles. The zero-order valence-corrected chi connectivity index (χ0v) is 11.7. The van der Waals surface area contributed by atoms with E-state index in [4.69, 9.17) is 9.29 Å². The first kappa shape index (κ1) is 17.3. The molecule has 1 unspecified atom stereocenters. The molecule has 0 spiro atoms. The Morgan fingerprint density at radius 3 is 2.28 bits per heavy atom. The summed E-state index contributed by atoms with van der Waals surface area (Å²) >= 11 is 0. The predicted molar refractivity (Wildman–Crippen MR) is 66.8 cm³/mol. The Labute approximate surface area is 108 Å². The fourth-order valence-electron chi connectivity index (χ4n) is 1.28. The van der Waals surface area contributed by atoms with Gasteiger partial charge in [-0.3, -0.25) is 4.55 Å². The van der Waals surface area contributed by atoms with Gasteiger partial charge in [-0.05, 0) is 12.8 Å². The molecule has 1 atom stereocenters. The lowest BCUT2D eigenvalue weighted by molar-refractivity contribution is -0.103. The Bertz CT molecular complexity index is 324. The Hall–Kier alpha value is -0.660. The number of hydrogen-bond donors (Lipinski definition) is 1. The molecule has 0 aromatic heterocycles. The molecule has 7 heteroatoms. The molecule has 0 saturated carbocycles. The van der Waals surface area contributed by atoms with E-state index >= 15 is 0 Å². The second-order valence-corrected chi connectivity index (χ2v) is 5.28. The lowest BCUT2D eigenvalue weighted by Gasteiger charge is -2.17. The third-order valence-electron chi connectivity index (χ3n) is 2.28. The maximum absolute atomic E-state index is 11.0. The summed E-state index contributed by atoms with van der Waals surface area (Å²) in [6, 6.07) is 0. The van der Waals surface area contributed by atoms with Gasteiger partial charge in [0.15, 0.2) is 0 Å². The lowest BCUT2D eigenvalue weighted by atomic mass is 10.2. The molecule has 0 heterocycles. The third kappa shape index (κ3) is 8.43. The molecule has 18 heavy (non-hydrogen) atoms. The van der Waals surface area contributed by atoms with E-state index in [1.165, 1.54) is 0 Å². The predicted octanol–water partition coefficient (Wildman–Crippen LogP) is 2.73. The molecular formula is C11H22O6S. The van der Waals surface area contributed by atoms with Gasteiger partial charge in [-0.2, -0.15) is 8.42 Å². The highest BCUT2D eigenvalue weighted by molar-refractivity contribution is 8.00. The van der Waals surface area contributed by atoms with Gasteiger partial charge in [-0.1, -0.05) is 33.1 Å². The van der Waals surface area contributed by atoms with E-state index in [-0.39, 0.29) is 0 Å². The molecule has 0 aliphatic rings. The quantitative estimate of drug-likeness (QED) is 0.303. The molecule has 0 rings (SSSR count). The van der Waals surface area contributed by atoms with Crippen LogP contribution in [0, 0.1) is 0 Å². The number of rotatable bonds is 9. The number of ether oxygens (including phenoxy) is 2. The highest BCUT2D eigenvalue weighted by Crippen LogP contribution is 2.10. The standard InChI is InChI=1S/C11H22O6S/c1-3-5-7-9-16-10(8-6-4-2)17-11(12)18(13,14)15/h10H,3-9H2,1-2H3,(H,13,14,15). The van der Waals surface area contributed by atoms with Crippen molar-refractivity contribution < 1.29 is 27.2 Å². The molecule has 0 bridgehead atoms. The highest BCUT2D eigenvalue weighted by Gasteiger charge is 2.24. The Morgan fingerprint density at radius 2 is 1.78 bits per heavy atom. The Morgan fingerprint density at radius 1 is 1.17 bits per heavy atom. The van der Waals surface area contributed by atoms with Crippen LogP contribution in [0.2, 0.25) is 0 Å². The van der Waals surface area contributed by atoms with Crippen LogP contribution in [-0.4, -0.2) is 31.2 Å². The van der Waals surface area contributed by atoms with Gasteiger partial charge >= 0.3 is 15.4 Å². The van der Waals surface area contributed by atoms with Gasteiger partial charge in [0.05, 0.1) is 6.61 Å². The highest BCUT2D eigenvalue weighted by atomic mass is 32.2. The summed E-state index contributed by atoms with van der Waals surface area (Å²) in [6.07, 6.45) is 3.99. The van der Waals surface area contributed by atoms with Gasteiger partial charge in [0, 0.05) is 6.42 Å². The van der Waals surface area contributed by atoms with Crippen LogP contribution in [0.15, 0.2) is 0 Å². The number of carbonyl (C=O) groups excluding carboxylic acids is 1. The average Bonchev–Trinajstić information content (AvgIpc) is 2.29. The van der Waals surface area contributed by atoms with Gasteiger partial charge in [-0.25, -0.2) is 4.79 Å². The Balaban J connectivity index is 4.17. The van der Waals surface area contributed by atoms with Crippen LogP contribution in [-0.2, 0) is 19.6 Å². The summed E-state index contributed by atoms with van der Waals surface area (Å²) < 4.78 is 39.5. The molecular weight excluding hydrogens is 260 g/mol. The minimum absolute atomic E-state index is 0.404. The van der Waals surface area contributed by atoms with Crippen molar-refractivity contribution in [1.29, 1.82) is 0 Å². The number of carbonyl (C=O) groups is 1. The molecule has 108 valence electrons. The van der Waals surface area contributed by atoms with Crippen LogP contribution in [0.25, 0.3) is 0 Å². The number of unbranched alkanes of at least 4 members (excludes halogenated alkanes) is 3. The summed E-state index contributed by atoms with van der Waals surface area (Å²) in [6.45, 7) is 4.41. The van der Waals surface area contributed by atoms with Gasteiger partial charge in [0.25, 0.3) is 0 Å². The normalized spacial score (nSPS) is 13.3. The molecule has 0 fully saturated rings.